The van der Waals surface area contributed by atoms with Gasteiger partial charge >= 0.3 is 11.9 Å². The van der Waals surface area contributed by atoms with Crippen LogP contribution in [0.2, 0.25) is 0 Å². The van der Waals surface area contributed by atoms with Gasteiger partial charge in [-0.3, -0.25) is 9.59 Å². The van der Waals surface area contributed by atoms with Gasteiger partial charge in [-0.15, -0.1) is 0 Å². The van der Waals surface area contributed by atoms with E-state index in [2.05, 4.69) is 57.8 Å². The third-order valence-electron chi connectivity index (χ3n) is 10.3. The van der Waals surface area contributed by atoms with E-state index in [0.717, 1.165) is 71.1 Å². The normalized spacial score (nSPS) is 13.0. The maximum atomic E-state index is 12.2. The molecule has 0 saturated heterocycles. The Labute approximate surface area is 323 Å². The van der Waals surface area contributed by atoms with Crippen LogP contribution in [0.25, 0.3) is 0 Å². The molecule has 0 aliphatic heterocycles. The van der Waals surface area contributed by atoms with E-state index in [0.29, 0.717) is 43.8 Å². The highest BCUT2D eigenvalue weighted by molar-refractivity contribution is 5.69. The Morgan fingerprint density at radius 1 is 0.615 bits per heavy atom. The maximum absolute atomic E-state index is 12.2. The Hall–Kier alpha value is -1.84. The first kappa shape index (κ1) is 50.2. The van der Waals surface area contributed by atoms with E-state index in [1.165, 1.54) is 109 Å². The highest BCUT2D eigenvalue weighted by Gasteiger charge is 2.11. The third-order valence-corrected chi connectivity index (χ3v) is 10.3. The summed E-state index contributed by atoms with van der Waals surface area (Å²) in [5.41, 5.74) is 5.66. The zero-order valence-corrected chi connectivity index (χ0v) is 35.1. The van der Waals surface area contributed by atoms with Crippen molar-refractivity contribution in [3.05, 3.63) is 24.1 Å². The predicted molar refractivity (Wildman–Crippen MR) is 221 cm³/mol. The van der Waals surface area contributed by atoms with Crippen molar-refractivity contribution in [1.29, 1.82) is 0 Å². The molecule has 0 aromatic carbocycles. The van der Waals surface area contributed by atoms with Crippen molar-refractivity contribution in [2.45, 2.75) is 194 Å². The molecule has 0 aliphatic rings. The SMILES string of the molecule is C=C=C=CC(CCCC)CCOC(=O)CCCCCCCCCC(CCCCCCCCCC(=O)OCCC(C)CCCC)COCCCN(C)C. The molecular weight excluding hydrogens is 647 g/mol. The second-order valence-corrected chi connectivity index (χ2v) is 15.8. The lowest BCUT2D eigenvalue weighted by atomic mass is 9.94. The minimum atomic E-state index is -0.0558. The quantitative estimate of drug-likeness (QED) is 0.0356. The molecule has 0 spiro atoms. The first-order valence-electron chi connectivity index (χ1n) is 22.0. The van der Waals surface area contributed by atoms with Crippen molar-refractivity contribution in [1.82, 2.24) is 4.90 Å². The summed E-state index contributed by atoms with van der Waals surface area (Å²) in [7, 11) is 4.24. The molecule has 52 heavy (non-hydrogen) atoms. The molecule has 0 amide bonds. The Kier molecular flexibility index (Phi) is 37.5. The van der Waals surface area contributed by atoms with Crippen molar-refractivity contribution >= 4 is 11.9 Å². The van der Waals surface area contributed by atoms with Crippen molar-refractivity contribution < 1.29 is 23.8 Å². The molecule has 3 atom stereocenters. The minimum absolute atomic E-state index is 0.0131. The zero-order chi connectivity index (χ0) is 38.3. The van der Waals surface area contributed by atoms with Gasteiger partial charge in [0.05, 0.1) is 13.2 Å². The molecular formula is C46H85NO5. The van der Waals surface area contributed by atoms with Crippen molar-refractivity contribution in [2.24, 2.45) is 17.8 Å². The van der Waals surface area contributed by atoms with Crippen LogP contribution in [0.4, 0.5) is 0 Å². The van der Waals surface area contributed by atoms with Crippen LogP contribution >= 0.6 is 0 Å². The van der Waals surface area contributed by atoms with Crippen molar-refractivity contribution in [2.75, 3.05) is 47.1 Å². The van der Waals surface area contributed by atoms with Gasteiger partial charge in [-0.2, -0.15) is 0 Å². The predicted octanol–water partition coefficient (Wildman–Crippen LogP) is 12.6. The van der Waals surface area contributed by atoms with E-state index >= 15 is 0 Å². The van der Waals surface area contributed by atoms with Gasteiger partial charge in [0.2, 0.25) is 0 Å². The largest absolute Gasteiger partial charge is 0.466 e. The summed E-state index contributed by atoms with van der Waals surface area (Å²) in [6.45, 7) is 14.2. The number of esters is 2. The molecule has 0 heterocycles. The highest BCUT2D eigenvalue weighted by Crippen LogP contribution is 2.21. The smallest absolute Gasteiger partial charge is 0.305 e. The summed E-state index contributed by atoms with van der Waals surface area (Å²) in [6.07, 6.45) is 32.6. The standard InChI is InChI=1S/C46H85NO5/c1-7-10-28-42(4)35-39-51-45(48)33-25-21-17-13-15-19-23-31-44(41-50-38-27-37-47(5)6)32-24-20-16-14-18-22-26-34-46(49)52-40-36-43(29-11-8-2)30-12-9-3/h29,42-44H,2,7,9-10,12-28,30-41H2,1,3-6H3. The maximum Gasteiger partial charge on any atom is 0.305 e. The van der Waals surface area contributed by atoms with E-state index < -0.39 is 0 Å². The number of carbonyl (C=O) groups excluding carboxylic acids is 2. The molecule has 0 radical (unpaired) electrons. The lowest BCUT2D eigenvalue weighted by Crippen LogP contribution is -2.16. The first-order valence-corrected chi connectivity index (χ1v) is 22.0. The van der Waals surface area contributed by atoms with Crippen LogP contribution in [0.15, 0.2) is 24.1 Å². The van der Waals surface area contributed by atoms with Crippen LogP contribution in [0.5, 0.6) is 0 Å². The summed E-state index contributed by atoms with van der Waals surface area (Å²) < 4.78 is 17.1. The number of nitrogens with zero attached hydrogens (tertiary/aromatic N) is 1. The fraction of sp³-hybridized carbons (Fsp3) is 0.870. The summed E-state index contributed by atoms with van der Waals surface area (Å²) in [5.74, 6) is 1.63. The van der Waals surface area contributed by atoms with E-state index in [-0.39, 0.29) is 11.9 Å². The van der Waals surface area contributed by atoms with Gasteiger partial charge in [0.15, 0.2) is 0 Å². The molecule has 0 aromatic rings. The summed E-state index contributed by atoms with van der Waals surface area (Å²) in [5, 5.41) is 0. The van der Waals surface area contributed by atoms with Crippen LogP contribution in [0.1, 0.15) is 194 Å². The van der Waals surface area contributed by atoms with Gasteiger partial charge in [0.1, 0.15) is 0 Å². The Balaban J connectivity index is 4.03. The number of rotatable bonds is 39. The van der Waals surface area contributed by atoms with Crippen LogP contribution in [-0.2, 0) is 23.8 Å². The molecule has 0 N–H and O–H groups in total. The van der Waals surface area contributed by atoms with E-state index in [4.69, 9.17) is 14.2 Å². The van der Waals surface area contributed by atoms with Gasteiger partial charge in [0, 0.05) is 26.1 Å². The second kappa shape index (κ2) is 38.9. The average Bonchev–Trinajstić information content (AvgIpc) is 3.12. The lowest BCUT2D eigenvalue weighted by molar-refractivity contribution is -0.145. The fourth-order valence-corrected chi connectivity index (χ4v) is 6.71. The van der Waals surface area contributed by atoms with Gasteiger partial charge in [-0.25, -0.2) is 0 Å². The summed E-state index contributed by atoms with van der Waals surface area (Å²) in [4.78, 5) is 26.4. The van der Waals surface area contributed by atoms with Crippen LogP contribution < -0.4 is 0 Å². The topological polar surface area (TPSA) is 65.1 Å². The Bertz CT molecular complexity index is 891. The summed E-state index contributed by atoms with van der Waals surface area (Å²) >= 11 is 0. The molecule has 0 saturated carbocycles. The number of ether oxygens (including phenoxy) is 3. The first-order chi connectivity index (χ1) is 25.3. The molecule has 6 nitrogen and oxygen atoms in total. The van der Waals surface area contributed by atoms with E-state index in [9.17, 15) is 9.59 Å². The molecule has 0 aliphatic carbocycles. The van der Waals surface area contributed by atoms with Crippen LogP contribution in [0.3, 0.4) is 0 Å². The van der Waals surface area contributed by atoms with E-state index in [1.54, 1.807) is 0 Å². The van der Waals surface area contributed by atoms with Gasteiger partial charge in [0.25, 0.3) is 0 Å². The third kappa shape index (κ3) is 36.5. The highest BCUT2D eigenvalue weighted by atomic mass is 16.5. The number of allylic oxidation sites excluding steroid dienone is 1. The molecule has 0 rings (SSSR count). The van der Waals surface area contributed by atoms with Crippen molar-refractivity contribution in [3.63, 3.8) is 0 Å². The molecule has 3 unspecified atom stereocenters. The van der Waals surface area contributed by atoms with Gasteiger partial charge in [-0.1, -0.05) is 141 Å². The van der Waals surface area contributed by atoms with E-state index in [1.807, 2.05) is 6.08 Å². The van der Waals surface area contributed by atoms with Gasteiger partial charge < -0.3 is 19.1 Å². The van der Waals surface area contributed by atoms with Crippen LogP contribution in [0, 0.1) is 17.8 Å². The molecule has 0 fully saturated rings. The summed E-state index contributed by atoms with van der Waals surface area (Å²) in [6, 6.07) is 0. The molecule has 0 bridgehead atoms. The number of hydrogen-bond donors (Lipinski definition) is 0. The molecule has 304 valence electrons. The number of hydrogen-bond acceptors (Lipinski definition) is 6. The number of unbranched alkanes of at least 4 members (excludes halogenated alkanes) is 14. The van der Waals surface area contributed by atoms with Crippen LogP contribution in [-0.4, -0.2) is 63.9 Å². The Morgan fingerprint density at radius 3 is 1.63 bits per heavy atom. The fourth-order valence-electron chi connectivity index (χ4n) is 6.71. The molecule has 6 heteroatoms. The Morgan fingerprint density at radius 2 is 1.12 bits per heavy atom. The zero-order valence-electron chi connectivity index (χ0n) is 35.1. The van der Waals surface area contributed by atoms with Gasteiger partial charge in [-0.05, 0) is 102 Å². The monoisotopic (exact) mass is 732 g/mol. The average molecular weight is 732 g/mol. The minimum Gasteiger partial charge on any atom is -0.466 e. The molecule has 0 aromatic heterocycles. The van der Waals surface area contributed by atoms with Crippen molar-refractivity contribution in [3.8, 4) is 0 Å². The number of carbonyl (C=O) groups is 2. The second-order valence-electron chi connectivity index (χ2n) is 15.8. The lowest BCUT2D eigenvalue weighted by Gasteiger charge is -2.18.